The molecule has 1 rings (SSSR count). The zero-order valence-corrected chi connectivity index (χ0v) is 11.6. The Bertz CT molecular complexity index is 410. The lowest BCUT2D eigenvalue weighted by molar-refractivity contribution is -0.137. The van der Waals surface area contributed by atoms with Crippen LogP contribution in [0.1, 0.15) is 30.6 Å². The van der Waals surface area contributed by atoms with Crippen LogP contribution in [0.25, 0.3) is 0 Å². The average molecular weight is 291 g/mol. The molecule has 0 saturated carbocycles. The van der Waals surface area contributed by atoms with Gasteiger partial charge in [0.1, 0.15) is 0 Å². The first-order chi connectivity index (χ1) is 9.38. The number of ether oxygens (including phenoxy) is 1. The van der Waals surface area contributed by atoms with Gasteiger partial charge in [0.25, 0.3) is 0 Å². The summed E-state index contributed by atoms with van der Waals surface area (Å²) in [6.45, 7) is 2.64. The highest BCUT2D eigenvalue weighted by Gasteiger charge is 2.30. The van der Waals surface area contributed by atoms with Crippen molar-refractivity contribution in [3.63, 3.8) is 0 Å². The molecule has 114 valence electrons. The van der Waals surface area contributed by atoms with Crippen LogP contribution in [0.3, 0.4) is 0 Å². The van der Waals surface area contributed by atoms with Crippen LogP contribution in [0, 0.1) is 0 Å². The number of methoxy groups -OCH3 is 1. The normalized spacial score (nSPS) is 15.1. The summed E-state index contributed by atoms with van der Waals surface area (Å²) in [5, 5.41) is 13.0. The quantitative estimate of drug-likeness (QED) is 0.811. The number of benzene rings is 1. The van der Waals surface area contributed by atoms with Gasteiger partial charge in [-0.25, -0.2) is 0 Å². The van der Waals surface area contributed by atoms with Gasteiger partial charge in [-0.1, -0.05) is 19.1 Å². The monoisotopic (exact) mass is 291 g/mol. The maximum Gasteiger partial charge on any atom is 0.416 e. The van der Waals surface area contributed by atoms with E-state index in [1.54, 1.807) is 7.11 Å². The van der Waals surface area contributed by atoms with E-state index in [0.717, 1.165) is 18.6 Å². The summed E-state index contributed by atoms with van der Waals surface area (Å²) < 4.78 is 42.8. The van der Waals surface area contributed by atoms with Gasteiger partial charge in [-0.15, -0.1) is 0 Å². The van der Waals surface area contributed by atoms with Crippen LogP contribution in [-0.2, 0) is 10.9 Å². The molecule has 0 radical (unpaired) electrons. The fraction of sp³-hybridized carbons (Fsp3) is 0.571. The van der Waals surface area contributed by atoms with Crippen LogP contribution < -0.4 is 5.32 Å². The van der Waals surface area contributed by atoms with Crippen LogP contribution in [0.4, 0.5) is 13.2 Å². The molecule has 0 aliphatic carbocycles. The van der Waals surface area contributed by atoms with E-state index in [9.17, 15) is 18.3 Å². The molecule has 1 aromatic rings. The van der Waals surface area contributed by atoms with E-state index in [0.29, 0.717) is 6.61 Å². The molecular formula is C14H20F3NO2. The van der Waals surface area contributed by atoms with E-state index in [4.69, 9.17) is 4.74 Å². The maximum absolute atomic E-state index is 12.6. The minimum Gasteiger partial charge on any atom is -0.387 e. The highest BCUT2D eigenvalue weighted by atomic mass is 19.4. The van der Waals surface area contributed by atoms with Gasteiger partial charge in [0.2, 0.25) is 0 Å². The molecular weight excluding hydrogens is 271 g/mol. The summed E-state index contributed by atoms with van der Waals surface area (Å²) in [6, 6.07) is 4.82. The van der Waals surface area contributed by atoms with E-state index in [1.165, 1.54) is 12.1 Å². The lowest BCUT2D eigenvalue weighted by atomic mass is 10.1. The fourth-order valence-electron chi connectivity index (χ4n) is 1.84. The molecule has 6 heteroatoms. The average Bonchev–Trinajstić information content (AvgIpc) is 2.42. The maximum atomic E-state index is 12.6. The van der Waals surface area contributed by atoms with Gasteiger partial charge in [0.15, 0.2) is 0 Å². The first-order valence-corrected chi connectivity index (χ1v) is 6.46. The van der Waals surface area contributed by atoms with E-state index >= 15 is 0 Å². The summed E-state index contributed by atoms with van der Waals surface area (Å²) in [7, 11) is 1.58. The molecule has 20 heavy (non-hydrogen) atoms. The largest absolute Gasteiger partial charge is 0.416 e. The van der Waals surface area contributed by atoms with Gasteiger partial charge in [0.05, 0.1) is 18.3 Å². The lowest BCUT2D eigenvalue weighted by Crippen LogP contribution is -2.35. The summed E-state index contributed by atoms with van der Waals surface area (Å²) in [5.74, 6) is 0. The Morgan fingerprint density at radius 3 is 2.60 bits per heavy atom. The van der Waals surface area contributed by atoms with Gasteiger partial charge < -0.3 is 15.2 Å². The fourth-order valence-corrected chi connectivity index (χ4v) is 1.84. The summed E-state index contributed by atoms with van der Waals surface area (Å²) in [5.41, 5.74) is -0.502. The SMILES string of the molecule is CCC(COC)NCC(O)c1cccc(C(F)(F)F)c1. The number of alkyl halides is 3. The molecule has 2 unspecified atom stereocenters. The number of aliphatic hydroxyl groups excluding tert-OH is 1. The van der Waals surface area contributed by atoms with Crippen molar-refractivity contribution >= 4 is 0 Å². The predicted octanol–water partition coefficient (Wildman–Crippen LogP) is 2.75. The third kappa shape index (κ3) is 5.11. The van der Waals surface area contributed by atoms with Crippen LogP contribution >= 0.6 is 0 Å². The number of hydrogen-bond donors (Lipinski definition) is 2. The number of rotatable bonds is 7. The molecule has 1 aromatic carbocycles. The first-order valence-electron chi connectivity index (χ1n) is 6.46. The zero-order chi connectivity index (χ0) is 15.2. The van der Waals surface area contributed by atoms with E-state index < -0.39 is 17.8 Å². The van der Waals surface area contributed by atoms with Crippen LogP contribution in [0.2, 0.25) is 0 Å². The van der Waals surface area contributed by atoms with Crippen molar-refractivity contribution in [1.82, 2.24) is 5.32 Å². The molecule has 2 atom stereocenters. The Labute approximate surface area is 116 Å². The Hall–Kier alpha value is -1.11. The Morgan fingerprint density at radius 2 is 2.05 bits per heavy atom. The second-order valence-corrected chi connectivity index (χ2v) is 4.61. The molecule has 0 amide bonds. The van der Waals surface area contributed by atoms with E-state index in [-0.39, 0.29) is 18.2 Å². The van der Waals surface area contributed by atoms with E-state index in [2.05, 4.69) is 5.32 Å². The standard InChI is InChI=1S/C14H20F3NO2/c1-3-12(9-20-2)18-8-13(19)10-5-4-6-11(7-10)14(15,16)17/h4-7,12-13,18-19H,3,8-9H2,1-2H3. The van der Waals surface area contributed by atoms with Gasteiger partial charge >= 0.3 is 6.18 Å². The highest BCUT2D eigenvalue weighted by molar-refractivity contribution is 5.27. The van der Waals surface area contributed by atoms with Crippen LogP contribution in [-0.4, -0.2) is 31.4 Å². The third-order valence-electron chi connectivity index (χ3n) is 3.06. The smallest absolute Gasteiger partial charge is 0.387 e. The molecule has 0 aromatic heterocycles. The van der Waals surface area contributed by atoms with Crippen molar-refractivity contribution in [3.8, 4) is 0 Å². The molecule has 0 saturated heterocycles. The Balaban J connectivity index is 2.65. The van der Waals surface area contributed by atoms with Crippen molar-refractivity contribution in [1.29, 1.82) is 0 Å². The number of nitrogens with one attached hydrogen (secondary N) is 1. The summed E-state index contributed by atoms with van der Waals surface area (Å²) in [6.07, 6.45) is -4.57. The Kier molecular flexibility index (Phi) is 6.45. The molecule has 3 nitrogen and oxygen atoms in total. The molecule has 0 fully saturated rings. The third-order valence-corrected chi connectivity index (χ3v) is 3.06. The van der Waals surface area contributed by atoms with Gasteiger partial charge in [-0.05, 0) is 24.1 Å². The first kappa shape index (κ1) is 16.9. The van der Waals surface area contributed by atoms with Crippen molar-refractivity contribution < 1.29 is 23.0 Å². The van der Waals surface area contributed by atoms with Crippen molar-refractivity contribution in [2.45, 2.75) is 31.7 Å². The zero-order valence-electron chi connectivity index (χ0n) is 11.6. The van der Waals surface area contributed by atoms with Crippen molar-refractivity contribution in [2.75, 3.05) is 20.3 Å². The number of hydrogen-bond acceptors (Lipinski definition) is 3. The number of aliphatic hydroxyl groups is 1. The Morgan fingerprint density at radius 1 is 1.35 bits per heavy atom. The topological polar surface area (TPSA) is 41.5 Å². The van der Waals surface area contributed by atoms with Gasteiger partial charge in [-0.3, -0.25) is 0 Å². The van der Waals surface area contributed by atoms with Gasteiger partial charge in [-0.2, -0.15) is 13.2 Å². The summed E-state index contributed by atoms with van der Waals surface area (Å²) in [4.78, 5) is 0. The van der Waals surface area contributed by atoms with Crippen molar-refractivity contribution in [2.24, 2.45) is 0 Å². The molecule has 0 aliphatic rings. The minimum atomic E-state index is -4.40. The van der Waals surface area contributed by atoms with Crippen molar-refractivity contribution in [3.05, 3.63) is 35.4 Å². The minimum absolute atomic E-state index is 0.0699. The highest BCUT2D eigenvalue weighted by Crippen LogP contribution is 2.30. The predicted molar refractivity (Wildman–Crippen MR) is 70.4 cm³/mol. The van der Waals surface area contributed by atoms with Gasteiger partial charge in [0, 0.05) is 19.7 Å². The second-order valence-electron chi connectivity index (χ2n) is 4.61. The molecule has 0 heterocycles. The summed E-state index contributed by atoms with van der Waals surface area (Å²) >= 11 is 0. The second kappa shape index (κ2) is 7.61. The molecule has 2 N–H and O–H groups in total. The lowest BCUT2D eigenvalue weighted by Gasteiger charge is -2.19. The molecule has 0 spiro atoms. The molecule has 0 bridgehead atoms. The van der Waals surface area contributed by atoms with E-state index in [1.807, 2.05) is 6.92 Å². The van der Waals surface area contributed by atoms with Crippen LogP contribution in [0.15, 0.2) is 24.3 Å². The molecule has 0 aliphatic heterocycles. The van der Waals surface area contributed by atoms with Crippen LogP contribution in [0.5, 0.6) is 0 Å². The number of halogens is 3.